The van der Waals surface area contributed by atoms with Crippen LogP contribution < -0.4 is 15.4 Å². The second-order valence-corrected chi connectivity index (χ2v) is 5.54. The summed E-state index contributed by atoms with van der Waals surface area (Å²) in [5, 5.41) is 0. The first kappa shape index (κ1) is 14.6. The predicted molar refractivity (Wildman–Crippen MR) is 77.1 cm³/mol. The molecule has 18 heavy (non-hydrogen) atoms. The molecule has 0 aromatic carbocycles. The molecule has 0 radical (unpaired) electrons. The molecule has 4 heteroatoms. The van der Waals surface area contributed by atoms with Gasteiger partial charge in [0.2, 0.25) is 5.88 Å². The van der Waals surface area contributed by atoms with Gasteiger partial charge >= 0.3 is 0 Å². The second kappa shape index (κ2) is 6.47. The molecule has 4 nitrogen and oxygen atoms in total. The smallest absolute Gasteiger partial charge is 0.239 e. The molecule has 0 aliphatic heterocycles. The fourth-order valence-electron chi connectivity index (χ4n) is 1.66. The molecule has 0 bridgehead atoms. The van der Waals surface area contributed by atoms with Crippen LogP contribution in [0.1, 0.15) is 27.7 Å². The molecule has 0 aliphatic rings. The molecule has 0 unspecified atom stereocenters. The lowest BCUT2D eigenvalue weighted by Crippen LogP contribution is -2.23. The second-order valence-electron chi connectivity index (χ2n) is 5.54. The largest absolute Gasteiger partial charge is 0.476 e. The molecule has 1 rings (SSSR count). The molecule has 1 aromatic heterocycles. The number of aromatic nitrogens is 1. The Labute approximate surface area is 110 Å². The van der Waals surface area contributed by atoms with E-state index in [9.17, 15) is 0 Å². The zero-order chi connectivity index (χ0) is 13.7. The summed E-state index contributed by atoms with van der Waals surface area (Å²) >= 11 is 0. The number of pyridine rings is 1. The van der Waals surface area contributed by atoms with Crippen molar-refractivity contribution in [3.8, 4) is 5.88 Å². The number of hydrogen-bond donors (Lipinski definition) is 1. The van der Waals surface area contributed by atoms with Crippen LogP contribution in [0.2, 0.25) is 0 Å². The zero-order valence-corrected chi connectivity index (χ0v) is 12.1. The van der Waals surface area contributed by atoms with Crippen LogP contribution in [0.15, 0.2) is 12.1 Å². The average molecular weight is 251 g/mol. The maximum absolute atomic E-state index is 5.87. The topological polar surface area (TPSA) is 51.4 Å². The molecule has 2 N–H and O–H groups in total. The van der Waals surface area contributed by atoms with Crippen molar-refractivity contribution in [3.05, 3.63) is 12.1 Å². The third-order valence-electron chi connectivity index (χ3n) is 2.46. The van der Waals surface area contributed by atoms with Gasteiger partial charge in [0.15, 0.2) is 0 Å². The van der Waals surface area contributed by atoms with Gasteiger partial charge in [0.25, 0.3) is 0 Å². The van der Waals surface area contributed by atoms with Crippen LogP contribution in [0.3, 0.4) is 0 Å². The summed E-state index contributed by atoms with van der Waals surface area (Å²) in [5.41, 5.74) is 6.47. The van der Waals surface area contributed by atoms with Crippen molar-refractivity contribution in [2.45, 2.75) is 27.7 Å². The molecule has 0 aliphatic carbocycles. The minimum absolute atomic E-state index is 0.461. The summed E-state index contributed by atoms with van der Waals surface area (Å²) in [5.74, 6) is 2.49. The highest BCUT2D eigenvalue weighted by Crippen LogP contribution is 2.23. The minimum Gasteiger partial charge on any atom is -0.476 e. The molecule has 0 fully saturated rings. The third kappa shape index (κ3) is 4.43. The third-order valence-corrected chi connectivity index (χ3v) is 2.46. The summed E-state index contributed by atoms with van der Waals surface area (Å²) in [6.45, 7) is 10.2. The van der Waals surface area contributed by atoms with E-state index in [1.807, 2.05) is 19.2 Å². The van der Waals surface area contributed by atoms with E-state index >= 15 is 0 Å². The van der Waals surface area contributed by atoms with Crippen molar-refractivity contribution in [2.75, 3.05) is 30.8 Å². The van der Waals surface area contributed by atoms with E-state index in [1.165, 1.54) is 0 Å². The number of nitrogens with zero attached hydrogens (tertiary/aromatic N) is 2. The SMILES string of the molecule is CC(C)COc1nc(N(C)CC(C)C)ccc1N. The molecule has 0 amide bonds. The lowest BCUT2D eigenvalue weighted by molar-refractivity contribution is 0.263. The highest BCUT2D eigenvalue weighted by Gasteiger charge is 2.09. The van der Waals surface area contributed by atoms with Gasteiger partial charge in [-0.3, -0.25) is 0 Å². The van der Waals surface area contributed by atoms with Crippen LogP contribution in [-0.2, 0) is 0 Å². The van der Waals surface area contributed by atoms with Gasteiger partial charge in [0.05, 0.1) is 12.3 Å². The highest BCUT2D eigenvalue weighted by atomic mass is 16.5. The molecule has 0 spiro atoms. The molecule has 0 atom stereocenters. The lowest BCUT2D eigenvalue weighted by atomic mass is 10.2. The fraction of sp³-hybridized carbons (Fsp3) is 0.643. The van der Waals surface area contributed by atoms with Crippen LogP contribution >= 0.6 is 0 Å². The molecular formula is C14H25N3O. The first-order valence-corrected chi connectivity index (χ1v) is 6.50. The Balaban J connectivity index is 2.79. The van der Waals surface area contributed by atoms with Crippen LogP contribution in [0, 0.1) is 11.8 Å². The predicted octanol–water partition coefficient (Wildman–Crippen LogP) is 2.79. The first-order chi connectivity index (χ1) is 8.40. The Bertz CT molecular complexity index is 377. The Morgan fingerprint density at radius 2 is 1.89 bits per heavy atom. The molecule has 1 heterocycles. The first-order valence-electron chi connectivity index (χ1n) is 6.50. The number of rotatable bonds is 6. The van der Waals surface area contributed by atoms with E-state index in [1.54, 1.807) is 0 Å². The zero-order valence-electron chi connectivity index (χ0n) is 12.1. The van der Waals surface area contributed by atoms with Crippen LogP contribution in [0.25, 0.3) is 0 Å². The average Bonchev–Trinajstić information content (AvgIpc) is 2.26. The molecule has 0 saturated carbocycles. The van der Waals surface area contributed by atoms with Crippen molar-refractivity contribution in [1.82, 2.24) is 4.98 Å². The molecular weight excluding hydrogens is 226 g/mol. The summed E-state index contributed by atoms with van der Waals surface area (Å²) in [7, 11) is 2.03. The molecule has 1 aromatic rings. The van der Waals surface area contributed by atoms with Gasteiger partial charge < -0.3 is 15.4 Å². The van der Waals surface area contributed by atoms with Crippen LogP contribution in [-0.4, -0.2) is 25.2 Å². The number of ether oxygens (including phenoxy) is 1. The van der Waals surface area contributed by atoms with Gasteiger partial charge in [-0.15, -0.1) is 0 Å². The van der Waals surface area contributed by atoms with E-state index in [0.29, 0.717) is 30.0 Å². The summed E-state index contributed by atoms with van der Waals surface area (Å²) < 4.78 is 5.63. The normalized spacial score (nSPS) is 11.1. The fourth-order valence-corrected chi connectivity index (χ4v) is 1.66. The maximum Gasteiger partial charge on any atom is 0.239 e. The van der Waals surface area contributed by atoms with Crippen molar-refractivity contribution >= 4 is 11.5 Å². The Kier molecular flexibility index (Phi) is 5.25. The Morgan fingerprint density at radius 3 is 2.44 bits per heavy atom. The Morgan fingerprint density at radius 1 is 1.22 bits per heavy atom. The standard InChI is InChI=1S/C14H25N3O/c1-10(2)8-17(5)13-7-6-12(15)14(16-13)18-9-11(3)4/h6-7,10-11H,8-9,15H2,1-5H3. The quantitative estimate of drug-likeness (QED) is 0.844. The van der Waals surface area contributed by atoms with Gasteiger partial charge in [-0.1, -0.05) is 27.7 Å². The summed E-state index contributed by atoms with van der Waals surface area (Å²) in [4.78, 5) is 6.59. The number of anilines is 2. The Hall–Kier alpha value is -1.45. The van der Waals surface area contributed by atoms with E-state index in [-0.39, 0.29) is 0 Å². The van der Waals surface area contributed by atoms with Crippen molar-refractivity contribution in [3.63, 3.8) is 0 Å². The maximum atomic E-state index is 5.87. The molecule has 0 saturated heterocycles. The van der Waals surface area contributed by atoms with Gasteiger partial charge in [0, 0.05) is 13.6 Å². The van der Waals surface area contributed by atoms with Gasteiger partial charge in [-0.2, -0.15) is 4.98 Å². The van der Waals surface area contributed by atoms with Crippen molar-refractivity contribution in [1.29, 1.82) is 0 Å². The van der Waals surface area contributed by atoms with Crippen molar-refractivity contribution in [2.24, 2.45) is 11.8 Å². The minimum atomic E-state index is 0.461. The van der Waals surface area contributed by atoms with E-state index in [0.717, 1.165) is 12.4 Å². The number of nitrogen functional groups attached to an aromatic ring is 1. The summed E-state index contributed by atoms with van der Waals surface area (Å²) in [6.07, 6.45) is 0. The number of nitrogens with two attached hydrogens (primary N) is 1. The lowest BCUT2D eigenvalue weighted by Gasteiger charge is -2.21. The van der Waals surface area contributed by atoms with Crippen LogP contribution in [0.4, 0.5) is 11.5 Å². The van der Waals surface area contributed by atoms with Crippen molar-refractivity contribution < 1.29 is 4.74 Å². The van der Waals surface area contributed by atoms with Gasteiger partial charge in [-0.05, 0) is 24.0 Å². The van der Waals surface area contributed by atoms with E-state index in [4.69, 9.17) is 10.5 Å². The highest BCUT2D eigenvalue weighted by molar-refractivity contribution is 5.54. The summed E-state index contributed by atoms with van der Waals surface area (Å²) in [6, 6.07) is 3.79. The molecule has 102 valence electrons. The van der Waals surface area contributed by atoms with Gasteiger partial charge in [0.1, 0.15) is 5.82 Å². The van der Waals surface area contributed by atoms with Crippen LogP contribution in [0.5, 0.6) is 5.88 Å². The monoisotopic (exact) mass is 251 g/mol. The van der Waals surface area contributed by atoms with E-state index in [2.05, 4.69) is 37.6 Å². The van der Waals surface area contributed by atoms with E-state index < -0.39 is 0 Å². The number of hydrogen-bond acceptors (Lipinski definition) is 4. The van der Waals surface area contributed by atoms with Gasteiger partial charge in [-0.25, -0.2) is 0 Å².